The van der Waals surface area contributed by atoms with Gasteiger partial charge in [-0.1, -0.05) is 11.6 Å². The molecule has 0 aliphatic rings. The lowest BCUT2D eigenvalue weighted by Crippen LogP contribution is -2.08. The number of aryl methyl sites for hydroxylation is 1. The van der Waals surface area contributed by atoms with Crippen LogP contribution in [0.5, 0.6) is 0 Å². The fraction of sp³-hybridized carbons (Fsp3) is 0.300. The van der Waals surface area contributed by atoms with Crippen LogP contribution >= 0.6 is 0 Å². The molecule has 0 radical (unpaired) electrons. The van der Waals surface area contributed by atoms with Crippen molar-refractivity contribution in [3.05, 3.63) is 29.3 Å². The van der Waals surface area contributed by atoms with Gasteiger partial charge in [-0.3, -0.25) is 0 Å². The summed E-state index contributed by atoms with van der Waals surface area (Å²) in [6.07, 6.45) is 0. The standard InChI is InChI=1S/C10H13NO2/c1-3-13-10(12)8-6-7(2)4-5-9(8)11/h4-6H,3,11H2,1-2H3. The number of esters is 1. The summed E-state index contributed by atoms with van der Waals surface area (Å²) in [7, 11) is 0. The van der Waals surface area contributed by atoms with Crippen molar-refractivity contribution < 1.29 is 9.53 Å². The lowest BCUT2D eigenvalue weighted by Gasteiger charge is -2.05. The molecule has 0 aromatic heterocycles. The van der Waals surface area contributed by atoms with E-state index >= 15 is 0 Å². The van der Waals surface area contributed by atoms with Gasteiger partial charge in [-0.05, 0) is 26.0 Å². The van der Waals surface area contributed by atoms with Crippen LogP contribution in [0.1, 0.15) is 22.8 Å². The van der Waals surface area contributed by atoms with Crippen molar-refractivity contribution in [2.24, 2.45) is 0 Å². The topological polar surface area (TPSA) is 52.3 Å². The highest BCUT2D eigenvalue weighted by Crippen LogP contribution is 2.14. The second-order valence-corrected chi connectivity index (χ2v) is 2.81. The van der Waals surface area contributed by atoms with Gasteiger partial charge in [0.15, 0.2) is 0 Å². The van der Waals surface area contributed by atoms with Crippen LogP contribution in [0.2, 0.25) is 0 Å². The van der Waals surface area contributed by atoms with Crippen LogP contribution < -0.4 is 5.73 Å². The Morgan fingerprint density at radius 3 is 2.85 bits per heavy atom. The molecule has 1 aromatic rings. The van der Waals surface area contributed by atoms with Crippen LogP contribution in [0.25, 0.3) is 0 Å². The fourth-order valence-corrected chi connectivity index (χ4v) is 1.06. The van der Waals surface area contributed by atoms with E-state index in [-0.39, 0.29) is 5.97 Å². The highest BCUT2D eigenvalue weighted by Gasteiger charge is 2.09. The first-order valence-corrected chi connectivity index (χ1v) is 4.18. The summed E-state index contributed by atoms with van der Waals surface area (Å²) in [6.45, 7) is 4.04. The SMILES string of the molecule is CCOC(=O)c1cc(C)ccc1N. The highest BCUT2D eigenvalue weighted by atomic mass is 16.5. The van der Waals surface area contributed by atoms with Crippen LogP contribution in [0.3, 0.4) is 0 Å². The number of nitrogen functional groups attached to an aromatic ring is 1. The van der Waals surface area contributed by atoms with Gasteiger partial charge >= 0.3 is 5.97 Å². The van der Waals surface area contributed by atoms with Gasteiger partial charge in [0.25, 0.3) is 0 Å². The normalized spacial score (nSPS) is 9.69. The first kappa shape index (κ1) is 9.58. The zero-order valence-electron chi connectivity index (χ0n) is 7.83. The molecular weight excluding hydrogens is 166 g/mol. The molecule has 1 aromatic carbocycles. The van der Waals surface area contributed by atoms with Gasteiger partial charge < -0.3 is 10.5 Å². The monoisotopic (exact) mass is 179 g/mol. The summed E-state index contributed by atoms with van der Waals surface area (Å²) >= 11 is 0. The quantitative estimate of drug-likeness (QED) is 0.556. The molecule has 3 nitrogen and oxygen atoms in total. The van der Waals surface area contributed by atoms with Gasteiger partial charge in [-0.2, -0.15) is 0 Å². The van der Waals surface area contributed by atoms with Gasteiger partial charge in [0.1, 0.15) is 0 Å². The zero-order chi connectivity index (χ0) is 9.84. The second kappa shape index (κ2) is 3.94. The molecule has 70 valence electrons. The Hall–Kier alpha value is -1.51. The van der Waals surface area contributed by atoms with Crippen molar-refractivity contribution in [3.63, 3.8) is 0 Å². The summed E-state index contributed by atoms with van der Waals surface area (Å²) < 4.78 is 4.84. The molecule has 0 amide bonds. The molecule has 1 rings (SSSR count). The van der Waals surface area contributed by atoms with E-state index < -0.39 is 0 Å². The van der Waals surface area contributed by atoms with E-state index in [1.165, 1.54) is 0 Å². The van der Waals surface area contributed by atoms with Gasteiger partial charge in [0.2, 0.25) is 0 Å². The number of ether oxygens (including phenoxy) is 1. The van der Waals surface area contributed by atoms with Gasteiger partial charge in [-0.25, -0.2) is 4.79 Å². The molecule has 0 atom stereocenters. The average Bonchev–Trinajstić information content (AvgIpc) is 2.09. The Bertz CT molecular complexity index is 321. The third-order valence-electron chi connectivity index (χ3n) is 1.70. The number of anilines is 1. The Labute approximate surface area is 77.5 Å². The number of rotatable bonds is 2. The van der Waals surface area contributed by atoms with E-state index in [1.807, 2.05) is 13.0 Å². The molecule has 13 heavy (non-hydrogen) atoms. The molecule has 2 N–H and O–H groups in total. The number of hydrogen-bond donors (Lipinski definition) is 1. The smallest absolute Gasteiger partial charge is 0.340 e. The van der Waals surface area contributed by atoms with Crippen LogP contribution in [0.15, 0.2) is 18.2 Å². The first-order chi connectivity index (χ1) is 6.15. The van der Waals surface area contributed by atoms with Crippen LogP contribution in [-0.4, -0.2) is 12.6 Å². The van der Waals surface area contributed by atoms with Crippen LogP contribution in [0, 0.1) is 6.92 Å². The highest BCUT2D eigenvalue weighted by molar-refractivity contribution is 5.95. The van der Waals surface area contributed by atoms with Crippen LogP contribution in [0.4, 0.5) is 5.69 Å². The van der Waals surface area contributed by atoms with Crippen molar-refractivity contribution in [1.29, 1.82) is 0 Å². The minimum Gasteiger partial charge on any atom is -0.462 e. The molecule has 0 heterocycles. The minimum absolute atomic E-state index is 0.358. The maximum atomic E-state index is 11.3. The summed E-state index contributed by atoms with van der Waals surface area (Å²) in [6, 6.07) is 5.30. The van der Waals surface area contributed by atoms with E-state index in [2.05, 4.69) is 0 Å². The molecule has 0 unspecified atom stereocenters. The lowest BCUT2D eigenvalue weighted by molar-refractivity contribution is 0.0527. The predicted molar refractivity (Wildman–Crippen MR) is 51.5 cm³/mol. The molecule has 0 bridgehead atoms. The summed E-state index contributed by atoms with van der Waals surface area (Å²) in [4.78, 5) is 11.3. The molecule has 3 heteroatoms. The van der Waals surface area contributed by atoms with Crippen molar-refractivity contribution >= 4 is 11.7 Å². The Kier molecular flexibility index (Phi) is 2.90. The number of hydrogen-bond acceptors (Lipinski definition) is 3. The van der Waals surface area contributed by atoms with E-state index in [1.54, 1.807) is 19.1 Å². The van der Waals surface area contributed by atoms with Crippen LogP contribution in [-0.2, 0) is 4.74 Å². The van der Waals surface area contributed by atoms with Gasteiger partial charge in [0, 0.05) is 5.69 Å². The average molecular weight is 179 g/mol. The summed E-state index contributed by atoms with van der Waals surface area (Å²) in [5.41, 5.74) is 7.53. The molecule has 0 saturated carbocycles. The van der Waals surface area contributed by atoms with Gasteiger partial charge in [-0.15, -0.1) is 0 Å². The Morgan fingerprint density at radius 1 is 1.54 bits per heavy atom. The van der Waals surface area contributed by atoms with Crippen molar-refractivity contribution in [3.8, 4) is 0 Å². The number of nitrogens with two attached hydrogens (primary N) is 1. The predicted octanol–water partition coefficient (Wildman–Crippen LogP) is 1.75. The molecule has 0 spiro atoms. The maximum absolute atomic E-state index is 11.3. The summed E-state index contributed by atoms with van der Waals surface area (Å²) in [5, 5.41) is 0. The number of benzene rings is 1. The molecular formula is C10H13NO2. The molecule has 0 saturated heterocycles. The second-order valence-electron chi connectivity index (χ2n) is 2.81. The lowest BCUT2D eigenvalue weighted by atomic mass is 10.1. The van der Waals surface area contributed by atoms with Crippen molar-refractivity contribution in [1.82, 2.24) is 0 Å². The molecule has 0 fully saturated rings. The minimum atomic E-state index is -0.358. The Balaban J connectivity index is 2.99. The first-order valence-electron chi connectivity index (χ1n) is 4.18. The number of carbonyl (C=O) groups excluding carboxylic acids is 1. The van der Waals surface area contributed by atoms with Gasteiger partial charge in [0.05, 0.1) is 12.2 Å². The molecule has 0 aliphatic carbocycles. The summed E-state index contributed by atoms with van der Waals surface area (Å²) in [5.74, 6) is -0.358. The van der Waals surface area contributed by atoms with E-state index in [4.69, 9.17) is 10.5 Å². The third-order valence-corrected chi connectivity index (χ3v) is 1.70. The third kappa shape index (κ3) is 2.21. The van der Waals surface area contributed by atoms with E-state index in [0.29, 0.717) is 17.9 Å². The fourth-order valence-electron chi connectivity index (χ4n) is 1.06. The largest absolute Gasteiger partial charge is 0.462 e. The van der Waals surface area contributed by atoms with Crippen molar-refractivity contribution in [2.45, 2.75) is 13.8 Å². The Morgan fingerprint density at radius 2 is 2.23 bits per heavy atom. The van der Waals surface area contributed by atoms with E-state index in [9.17, 15) is 4.79 Å². The molecule has 0 aliphatic heterocycles. The maximum Gasteiger partial charge on any atom is 0.340 e. The van der Waals surface area contributed by atoms with Crippen molar-refractivity contribution in [2.75, 3.05) is 12.3 Å². The van der Waals surface area contributed by atoms with E-state index in [0.717, 1.165) is 5.56 Å². The zero-order valence-corrected chi connectivity index (χ0v) is 7.83. The number of carbonyl (C=O) groups is 1.